The molecule has 206 valence electrons. The van der Waals surface area contributed by atoms with E-state index in [1.165, 1.54) is 38.5 Å². The first-order valence-corrected chi connectivity index (χ1v) is 15.4. The Kier molecular flexibility index (Phi) is 7.50. The Morgan fingerprint density at radius 2 is 1.74 bits per heavy atom. The predicted molar refractivity (Wildman–Crippen MR) is 151 cm³/mol. The van der Waals surface area contributed by atoms with Gasteiger partial charge in [0.1, 0.15) is 18.0 Å². The van der Waals surface area contributed by atoms with E-state index in [1.807, 2.05) is 29.2 Å². The number of para-hydroxylation sites is 1. The van der Waals surface area contributed by atoms with Crippen LogP contribution in [0, 0.1) is 32.7 Å². The summed E-state index contributed by atoms with van der Waals surface area (Å²) in [5, 5.41) is 23.8. The van der Waals surface area contributed by atoms with Crippen LogP contribution in [-0.4, -0.2) is 64.9 Å². The molecule has 0 aliphatic heterocycles. The van der Waals surface area contributed by atoms with Gasteiger partial charge < -0.3 is 25.2 Å². The Morgan fingerprint density at radius 1 is 1.08 bits per heavy atom. The molecule has 2 amide bonds. The summed E-state index contributed by atoms with van der Waals surface area (Å²) in [6.07, 6.45) is 9.65. The molecule has 1 aromatic rings. The summed E-state index contributed by atoms with van der Waals surface area (Å²) in [4.78, 5) is 28.9. The Bertz CT molecular complexity index is 1070. The van der Waals surface area contributed by atoms with E-state index in [-0.39, 0.29) is 42.7 Å². The van der Waals surface area contributed by atoms with E-state index in [2.05, 4.69) is 27.9 Å². The number of hydrogen-bond donors (Lipinski definition) is 3. The van der Waals surface area contributed by atoms with Crippen molar-refractivity contribution in [3.05, 3.63) is 39.5 Å². The minimum absolute atomic E-state index is 0.0307. The van der Waals surface area contributed by atoms with Crippen LogP contribution in [0.5, 0.6) is 5.75 Å². The highest BCUT2D eigenvalue weighted by molar-refractivity contribution is 14.1. The molecular formula is C30H39IN2O5. The minimum atomic E-state index is -0.947. The number of carbonyl (C=O) groups excluding carboxylic acids is 2. The number of carbonyl (C=O) groups is 2. The van der Waals surface area contributed by atoms with Gasteiger partial charge in [-0.05, 0) is 115 Å². The maximum atomic E-state index is 13.9. The third kappa shape index (κ3) is 5.37. The van der Waals surface area contributed by atoms with Gasteiger partial charge in [0.2, 0.25) is 11.8 Å². The van der Waals surface area contributed by atoms with Crippen LogP contribution in [0.4, 0.5) is 0 Å². The maximum Gasteiger partial charge on any atom is 0.247 e. The van der Waals surface area contributed by atoms with E-state index in [4.69, 9.17) is 4.74 Å². The zero-order chi connectivity index (χ0) is 26.4. The molecule has 1 aromatic carbocycles. The van der Waals surface area contributed by atoms with Crippen LogP contribution in [0.15, 0.2) is 35.9 Å². The van der Waals surface area contributed by atoms with Crippen molar-refractivity contribution < 1.29 is 24.5 Å². The number of amides is 2. The molecule has 0 radical (unpaired) electrons. The quantitative estimate of drug-likeness (QED) is 0.361. The first-order valence-electron chi connectivity index (χ1n) is 14.3. The van der Waals surface area contributed by atoms with E-state index in [1.54, 1.807) is 6.08 Å². The van der Waals surface area contributed by atoms with E-state index in [0.717, 1.165) is 34.2 Å². The van der Waals surface area contributed by atoms with Crippen molar-refractivity contribution in [1.82, 2.24) is 10.2 Å². The zero-order valence-electron chi connectivity index (χ0n) is 21.9. The molecule has 5 fully saturated rings. The monoisotopic (exact) mass is 634 g/mol. The van der Waals surface area contributed by atoms with Crippen molar-refractivity contribution in [2.24, 2.45) is 29.1 Å². The van der Waals surface area contributed by atoms with Gasteiger partial charge in [-0.1, -0.05) is 12.1 Å². The van der Waals surface area contributed by atoms with Crippen LogP contribution in [0.1, 0.15) is 57.8 Å². The number of nitrogens with one attached hydrogen (secondary N) is 1. The molecule has 3 atom stereocenters. The van der Waals surface area contributed by atoms with Crippen molar-refractivity contribution in [2.75, 3.05) is 19.7 Å². The number of benzene rings is 1. The summed E-state index contributed by atoms with van der Waals surface area (Å²) in [5.41, 5.74) is 0.633. The lowest BCUT2D eigenvalue weighted by Gasteiger charge is -2.58. The van der Waals surface area contributed by atoms with E-state index in [0.29, 0.717) is 17.9 Å². The van der Waals surface area contributed by atoms with Gasteiger partial charge in [-0.3, -0.25) is 9.59 Å². The fraction of sp³-hybridized carbons (Fsp3) is 0.667. The second kappa shape index (κ2) is 10.7. The van der Waals surface area contributed by atoms with Crippen molar-refractivity contribution in [3.63, 3.8) is 0 Å². The number of aliphatic hydroxyl groups excluding tert-OH is 2. The molecule has 6 aliphatic carbocycles. The van der Waals surface area contributed by atoms with Crippen LogP contribution in [0.3, 0.4) is 0 Å². The zero-order valence-corrected chi connectivity index (χ0v) is 24.0. The Labute approximate surface area is 238 Å². The molecule has 8 heteroatoms. The van der Waals surface area contributed by atoms with Gasteiger partial charge in [-0.25, -0.2) is 0 Å². The number of ether oxygens (including phenoxy) is 1. The number of nitrogens with zero attached hydrogens (tertiary/aromatic N) is 1. The lowest BCUT2D eigenvalue weighted by atomic mass is 9.49. The summed E-state index contributed by atoms with van der Waals surface area (Å²) >= 11 is 2.21. The molecule has 5 saturated carbocycles. The number of halogens is 1. The fourth-order valence-electron chi connectivity index (χ4n) is 8.23. The second-order valence-electron chi connectivity index (χ2n) is 12.6. The molecule has 0 heterocycles. The second-order valence-corrected chi connectivity index (χ2v) is 13.8. The number of aliphatic hydroxyl groups is 2. The lowest BCUT2D eigenvalue weighted by molar-refractivity contribution is -0.148. The maximum absolute atomic E-state index is 13.9. The standard InChI is InChI=1S/C30H39IN2O5/c31-23-3-1-2-4-25(23)38-26-13-22(28(36)32-7-8-34)12-24(27(26)35)33(29(37)21-5-6-21)17-30-14-18-9-19(15-30)11-20(10-18)16-30/h1-4,13,18-21,24,26-27,34-35H,5-12,14-17H2,(H,32,36). The van der Waals surface area contributed by atoms with E-state index >= 15 is 0 Å². The molecule has 0 spiro atoms. The summed E-state index contributed by atoms with van der Waals surface area (Å²) in [6, 6.07) is 7.10. The average Bonchev–Trinajstić information content (AvgIpc) is 3.73. The molecule has 3 unspecified atom stereocenters. The van der Waals surface area contributed by atoms with Gasteiger partial charge in [0.25, 0.3) is 0 Å². The third-order valence-electron chi connectivity index (χ3n) is 9.59. The largest absolute Gasteiger partial charge is 0.482 e. The molecular weight excluding hydrogens is 595 g/mol. The SMILES string of the molecule is O=C(NCCO)C1=CC(Oc2ccccc2I)C(O)C(N(CC23CC4CC(CC(C4)C2)C3)C(=O)C2CC2)C1. The van der Waals surface area contributed by atoms with Gasteiger partial charge in [0.05, 0.1) is 16.2 Å². The Morgan fingerprint density at radius 3 is 2.34 bits per heavy atom. The molecule has 0 saturated heterocycles. The highest BCUT2D eigenvalue weighted by Gasteiger charge is 2.54. The van der Waals surface area contributed by atoms with Crippen LogP contribution >= 0.6 is 22.6 Å². The predicted octanol–water partition coefficient (Wildman–Crippen LogP) is 3.66. The van der Waals surface area contributed by atoms with Crippen molar-refractivity contribution in [1.29, 1.82) is 0 Å². The summed E-state index contributed by atoms with van der Waals surface area (Å²) in [5.74, 6) is 2.84. The van der Waals surface area contributed by atoms with Crippen molar-refractivity contribution >= 4 is 34.4 Å². The highest BCUT2D eigenvalue weighted by atomic mass is 127. The van der Waals surface area contributed by atoms with Crippen molar-refractivity contribution in [2.45, 2.75) is 76.0 Å². The molecule has 6 aliphatic rings. The van der Waals surface area contributed by atoms with Crippen LogP contribution < -0.4 is 10.1 Å². The molecule has 7 rings (SSSR count). The van der Waals surface area contributed by atoms with Gasteiger partial charge in [0, 0.05) is 31.0 Å². The molecule has 3 N–H and O–H groups in total. The normalized spacial score (nSPS) is 35.5. The number of rotatable bonds is 9. The van der Waals surface area contributed by atoms with E-state index in [9.17, 15) is 19.8 Å². The van der Waals surface area contributed by atoms with Crippen LogP contribution in [0.2, 0.25) is 0 Å². The van der Waals surface area contributed by atoms with Crippen LogP contribution in [0.25, 0.3) is 0 Å². The molecule has 38 heavy (non-hydrogen) atoms. The minimum Gasteiger partial charge on any atom is -0.482 e. The summed E-state index contributed by atoms with van der Waals surface area (Å²) in [6.45, 7) is 0.684. The highest BCUT2D eigenvalue weighted by Crippen LogP contribution is 2.60. The summed E-state index contributed by atoms with van der Waals surface area (Å²) in [7, 11) is 0. The molecule has 4 bridgehead atoms. The molecule has 0 aromatic heterocycles. The third-order valence-corrected chi connectivity index (χ3v) is 10.5. The smallest absolute Gasteiger partial charge is 0.247 e. The van der Waals surface area contributed by atoms with Gasteiger partial charge in [0.15, 0.2) is 0 Å². The first-order chi connectivity index (χ1) is 18.3. The average molecular weight is 635 g/mol. The Hall–Kier alpha value is -1.65. The fourth-order valence-corrected chi connectivity index (χ4v) is 8.75. The van der Waals surface area contributed by atoms with E-state index < -0.39 is 18.2 Å². The van der Waals surface area contributed by atoms with Crippen LogP contribution in [-0.2, 0) is 9.59 Å². The lowest BCUT2D eigenvalue weighted by Crippen LogP contribution is -2.60. The van der Waals surface area contributed by atoms with Crippen molar-refractivity contribution in [3.8, 4) is 5.75 Å². The number of hydrogen-bond acceptors (Lipinski definition) is 5. The first kappa shape index (κ1) is 26.6. The summed E-state index contributed by atoms with van der Waals surface area (Å²) < 4.78 is 7.23. The van der Waals surface area contributed by atoms with Gasteiger partial charge in [-0.15, -0.1) is 0 Å². The van der Waals surface area contributed by atoms with Gasteiger partial charge >= 0.3 is 0 Å². The topological polar surface area (TPSA) is 99.1 Å². The molecule has 7 nitrogen and oxygen atoms in total. The van der Waals surface area contributed by atoms with Gasteiger partial charge in [-0.2, -0.15) is 0 Å². The Balaban J connectivity index is 1.31.